The minimum atomic E-state index is 0.188. The molecule has 0 spiro atoms. The Kier molecular flexibility index (Phi) is 3.25. The van der Waals surface area contributed by atoms with Gasteiger partial charge in [0.15, 0.2) is 0 Å². The average Bonchev–Trinajstić information content (AvgIpc) is 2.77. The van der Waals surface area contributed by atoms with Gasteiger partial charge in [0.05, 0.1) is 5.92 Å². The molecular weight excluding hydrogens is 238 g/mol. The minimum absolute atomic E-state index is 0.188. The van der Waals surface area contributed by atoms with Gasteiger partial charge >= 0.3 is 0 Å². The summed E-state index contributed by atoms with van der Waals surface area (Å²) >= 11 is 0. The molecule has 0 radical (unpaired) electrons. The van der Waals surface area contributed by atoms with Gasteiger partial charge in [0.1, 0.15) is 0 Å². The van der Waals surface area contributed by atoms with E-state index in [1.807, 2.05) is 24.2 Å². The summed E-state index contributed by atoms with van der Waals surface area (Å²) in [7, 11) is 1.90. The Labute approximate surface area is 112 Å². The zero-order chi connectivity index (χ0) is 13.2. The van der Waals surface area contributed by atoms with Gasteiger partial charge in [0.25, 0.3) is 0 Å². The summed E-state index contributed by atoms with van der Waals surface area (Å²) in [5.41, 5.74) is 2.44. The molecule has 0 aliphatic carbocycles. The molecule has 1 aliphatic rings. The first-order valence-corrected chi connectivity index (χ1v) is 6.76. The van der Waals surface area contributed by atoms with Crippen molar-refractivity contribution in [2.75, 3.05) is 26.7 Å². The van der Waals surface area contributed by atoms with Gasteiger partial charge in [-0.2, -0.15) is 0 Å². The molecule has 0 unspecified atom stereocenters. The normalized spacial score (nSPS) is 15.4. The zero-order valence-corrected chi connectivity index (χ0v) is 11.1. The van der Waals surface area contributed by atoms with Gasteiger partial charge < -0.3 is 15.2 Å². The molecule has 2 N–H and O–H groups in total. The van der Waals surface area contributed by atoms with Crippen LogP contribution < -0.4 is 5.32 Å². The van der Waals surface area contributed by atoms with Gasteiger partial charge in [-0.25, -0.2) is 0 Å². The fraction of sp³-hybridized carbons (Fsp3) is 0.400. The third-order valence-corrected chi connectivity index (χ3v) is 3.90. The number of carbonyl (C=O) groups is 1. The van der Waals surface area contributed by atoms with Gasteiger partial charge in [-0.1, -0.05) is 18.2 Å². The van der Waals surface area contributed by atoms with Crippen LogP contribution in [0, 0.1) is 5.92 Å². The quantitative estimate of drug-likeness (QED) is 0.869. The molecule has 1 aliphatic heterocycles. The highest BCUT2D eigenvalue weighted by Gasteiger charge is 2.27. The van der Waals surface area contributed by atoms with Crippen LogP contribution in [0.2, 0.25) is 0 Å². The highest BCUT2D eigenvalue weighted by atomic mass is 16.2. The van der Waals surface area contributed by atoms with Gasteiger partial charge in [0, 0.05) is 43.8 Å². The standard InChI is InChI=1S/C15H19N3O/c1-18(15(19)12-8-16-9-12)7-6-11-10-17-14-5-3-2-4-13(11)14/h2-5,10,12,16-17H,6-9H2,1H3. The van der Waals surface area contributed by atoms with Crippen molar-refractivity contribution in [3.05, 3.63) is 36.0 Å². The highest BCUT2D eigenvalue weighted by Crippen LogP contribution is 2.18. The van der Waals surface area contributed by atoms with E-state index in [0.29, 0.717) is 0 Å². The number of carbonyl (C=O) groups excluding carboxylic acids is 1. The number of nitrogens with zero attached hydrogens (tertiary/aromatic N) is 1. The number of aromatic amines is 1. The number of likely N-dealkylation sites (N-methyl/N-ethyl adjacent to an activating group) is 1. The van der Waals surface area contributed by atoms with Crippen molar-refractivity contribution < 1.29 is 4.79 Å². The lowest BCUT2D eigenvalue weighted by molar-refractivity contribution is -0.135. The van der Waals surface area contributed by atoms with Gasteiger partial charge in [-0.15, -0.1) is 0 Å². The van der Waals surface area contributed by atoms with Crippen molar-refractivity contribution in [3.8, 4) is 0 Å². The molecule has 100 valence electrons. The Hall–Kier alpha value is -1.81. The fourth-order valence-electron chi connectivity index (χ4n) is 2.51. The summed E-state index contributed by atoms with van der Waals surface area (Å²) in [6.45, 7) is 2.43. The van der Waals surface area contributed by atoms with E-state index in [1.54, 1.807) is 0 Å². The van der Waals surface area contributed by atoms with E-state index in [1.165, 1.54) is 10.9 Å². The van der Waals surface area contributed by atoms with Crippen LogP contribution >= 0.6 is 0 Å². The maximum Gasteiger partial charge on any atom is 0.228 e. The van der Waals surface area contributed by atoms with Crippen LogP contribution in [0.15, 0.2) is 30.5 Å². The number of aromatic nitrogens is 1. The van der Waals surface area contributed by atoms with E-state index < -0.39 is 0 Å². The molecule has 0 saturated carbocycles. The lowest BCUT2D eigenvalue weighted by atomic mass is 10.0. The second-order valence-electron chi connectivity index (χ2n) is 5.22. The molecular formula is C15H19N3O. The van der Waals surface area contributed by atoms with Crippen LogP contribution in [0.3, 0.4) is 0 Å². The number of H-pyrrole nitrogens is 1. The van der Waals surface area contributed by atoms with Crippen molar-refractivity contribution in [2.45, 2.75) is 6.42 Å². The molecule has 2 heterocycles. The predicted octanol–water partition coefficient (Wildman–Crippen LogP) is 1.39. The van der Waals surface area contributed by atoms with Crippen LogP contribution in [-0.2, 0) is 11.2 Å². The van der Waals surface area contributed by atoms with Crippen LogP contribution in [0.1, 0.15) is 5.56 Å². The van der Waals surface area contributed by atoms with Crippen LogP contribution in [0.25, 0.3) is 10.9 Å². The molecule has 19 heavy (non-hydrogen) atoms. The number of rotatable bonds is 4. The first-order chi connectivity index (χ1) is 9.25. The third-order valence-electron chi connectivity index (χ3n) is 3.90. The van der Waals surface area contributed by atoms with E-state index in [0.717, 1.165) is 31.6 Å². The lowest BCUT2D eigenvalue weighted by Gasteiger charge is -2.30. The number of benzene rings is 1. The number of amides is 1. The van der Waals surface area contributed by atoms with E-state index in [4.69, 9.17) is 0 Å². The Morgan fingerprint density at radius 2 is 2.16 bits per heavy atom. The summed E-state index contributed by atoms with van der Waals surface area (Å²) in [6, 6.07) is 8.28. The maximum absolute atomic E-state index is 12.0. The Morgan fingerprint density at radius 1 is 1.37 bits per heavy atom. The second-order valence-corrected chi connectivity index (χ2v) is 5.22. The van der Waals surface area contributed by atoms with Gasteiger partial charge in [0.2, 0.25) is 5.91 Å². The number of nitrogens with one attached hydrogen (secondary N) is 2. The second kappa shape index (κ2) is 5.05. The fourth-order valence-corrected chi connectivity index (χ4v) is 2.51. The smallest absolute Gasteiger partial charge is 0.228 e. The number of hydrogen-bond acceptors (Lipinski definition) is 2. The predicted molar refractivity (Wildman–Crippen MR) is 76.0 cm³/mol. The lowest BCUT2D eigenvalue weighted by Crippen LogP contribution is -2.51. The molecule has 1 fully saturated rings. The topological polar surface area (TPSA) is 48.1 Å². The van der Waals surface area contributed by atoms with Crippen molar-refractivity contribution in [1.82, 2.24) is 15.2 Å². The van der Waals surface area contributed by atoms with Crippen LogP contribution in [0.4, 0.5) is 0 Å². The molecule has 1 saturated heterocycles. The Balaban J connectivity index is 1.64. The average molecular weight is 257 g/mol. The third kappa shape index (κ3) is 2.36. The van der Waals surface area contributed by atoms with Crippen LogP contribution in [-0.4, -0.2) is 42.5 Å². The Morgan fingerprint density at radius 3 is 2.89 bits per heavy atom. The molecule has 1 aromatic carbocycles. The molecule has 1 aromatic heterocycles. The zero-order valence-electron chi connectivity index (χ0n) is 11.1. The summed E-state index contributed by atoms with van der Waals surface area (Å²) in [5, 5.41) is 4.40. The van der Waals surface area contributed by atoms with Crippen molar-refractivity contribution in [2.24, 2.45) is 5.92 Å². The van der Waals surface area contributed by atoms with Crippen molar-refractivity contribution in [1.29, 1.82) is 0 Å². The molecule has 3 rings (SSSR count). The van der Waals surface area contributed by atoms with Crippen molar-refractivity contribution >= 4 is 16.8 Å². The number of para-hydroxylation sites is 1. The van der Waals surface area contributed by atoms with E-state index in [2.05, 4.69) is 28.5 Å². The minimum Gasteiger partial charge on any atom is -0.361 e. The van der Waals surface area contributed by atoms with Crippen LogP contribution in [0.5, 0.6) is 0 Å². The molecule has 4 nitrogen and oxygen atoms in total. The maximum atomic E-state index is 12.0. The molecule has 0 atom stereocenters. The highest BCUT2D eigenvalue weighted by molar-refractivity contribution is 5.83. The van der Waals surface area contributed by atoms with E-state index in [9.17, 15) is 4.79 Å². The summed E-state index contributed by atoms with van der Waals surface area (Å²) in [4.78, 5) is 17.2. The van der Waals surface area contributed by atoms with Gasteiger partial charge in [-0.3, -0.25) is 4.79 Å². The first-order valence-electron chi connectivity index (χ1n) is 6.76. The molecule has 0 bridgehead atoms. The first kappa shape index (κ1) is 12.2. The largest absolute Gasteiger partial charge is 0.361 e. The molecule has 4 heteroatoms. The summed E-state index contributed by atoms with van der Waals surface area (Å²) in [6.07, 6.45) is 2.94. The molecule has 2 aromatic rings. The number of hydrogen-bond donors (Lipinski definition) is 2. The van der Waals surface area contributed by atoms with E-state index >= 15 is 0 Å². The summed E-state index contributed by atoms with van der Waals surface area (Å²) in [5.74, 6) is 0.451. The number of fused-ring (bicyclic) bond motifs is 1. The Bertz CT molecular complexity index is 586. The molecule has 1 amide bonds. The summed E-state index contributed by atoms with van der Waals surface area (Å²) < 4.78 is 0. The SMILES string of the molecule is CN(CCc1c[nH]c2ccccc12)C(=O)C1CNC1. The van der Waals surface area contributed by atoms with Gasteiger partial charge in [-0.05, 0) is 18.1 Å². The van der Waals surface area contributed by atoms with E-state index in [-0.39, 0.29) is 11.8 Å². The van der Waals surface area contributed by atoms with Crippen molar-refractivity contribution in [3.63, 3.8) is 0 Å². The monoisotopic (exact) mass is 257 g/mol.